The van der Waals surface area contributed by atoms with Crippen molar-refractivity contribution in [3.63, 3.8) is 0 Å². The molecule has 3 rings (SSSR count). The Balaban J connectivity index is 1.45. The molecule has 1 amide bonds. The third kappa shape index (κ3) is 5.74. The van der Waals surface area contributed by atoms with Gasteiger partial charge < -0.3 is 10.1 Å². The molecule has 0 radical (unpaired) electrons. The van der Waals surface area contributed by atoms with Crippen LogP contribution in [0.3, 0.4) is 0 Å². The number of ether oxygens (including phenoxy) is 1. The number of carbonyl (C=O) groups excluding carboxylic acids is 1. The molecule has 1 heterocycles. The van der Waals surface area contributed by atoms with Crippen LogP contribution in [0.4, 0.5) is 5.69 Å². The van der Waals surface area contributed by atoms with Crippen molar-refractivity contribution in [2.24, 2.45) is 0 Å². The van der Waals surface area contributed by atoms with Crippen LogP contribution in [-0.2, 0) is 17.8 Å². The fraction of sp³-hybridized carbons (Fsp3) is 0.250. The predicted molar refractivity (Wildman–Crippen MR) is 112 cm³/mol. The van der Waals surface area contributed by atoms with Gasteiger partial charge in [-0.3, -0.25) is 9.89 Å². The van der Waals surface area contributed by atoms with Gasteiger partial charge in [-0.2, -0.15) is 0 Å². The van der Waals surface area contributed by atoms with Crippen molar-refractivity contribution in [2.75, 3.05) is 11.1 Å². The van der Waals surface area contributed by atoms with Gasteiger partial charge in [0.1, 0.15) is 12.4 Å². The first-order valence-electron chi connectivity index (χ1n) is 8.85. The number of halogens is 1. The van der Waals surface area contributed by atoms with E-state index in [0.717, 1.165) is 17.7 Å². The van der Waals surface area contributed by atoms with E-state index >= 15 is 0 Å². The first kappa shape index (κ1) is 20.2. The number of amides is 1. The average molecular weight is 417 g/mol. The van der Waals surface area contributed by atoms with Crippen LogP contribution in [0.15, 0.2) is 47.6 Å². The lowest BCUT2D eigenvalue weighted by atomic mass is 10.2. The molecule has 0 aliphatic heterocycles. The van der Waals surface area contributed by atoms with Gasteiger partial charge in [0.15, 0.2) is 5.82 Å². The third-order valence-corrected chi connectivity index (χ3v) is 5.26. The highest BCUT2D eigenvalue weighted by Gasteiger charge is 2.09. The molecular formula is C20H21ClN4O2S. The number of aromatic nitrogens is 3. The fourth-order valence-electron chi connectivity index (χ4n) is 2.38. The van der Waals surface area contributed by atoms with Gasteiger partial charge in [-0.1, -0.05) is 48.5 Å². The molecule has 1 aromatic heterocycles. The lowest BCUT2D eigenvalue weighted by Crippen LogP contribution is -2.14. The Morgan fingerprint density at radius 3 is 2.75 bits per heavy atom. The molecule has 0 atom stereocenters. The summed E-state index contributed by atoms with van der Waals surface area (Å²) in [5.74, 6) is 1.43. The van der Waals surface area contributed by atoms with E-state index in [1.165, 1.54) is 17.3 Å². The zero-order valence-electron chi connectivity index (χ0n) is 15.7. The SMILES string of the molecule is CCc1ccc(OCc2nc(SCC(=O)Nc3ccc(C)c(Cl)c3)n[nH]2)cc1. The molecule has 0 saturated heterocycles. The summed E-state index contributed by atoms with van der Waals surface area (Å²) >= 11 is 7.32. The maximum absolute atomic E-state index is 12.1. The van der Waals surface area contributed by atoms with Crippen molar-refractivity contribution in [1.29, 1.82) is 0 Å². The van der Waals surface area contributed by atoms with E-state index in [1.807, 2.05) is 43.3 Å². The monoisotopic (exact) mass is 416 g/mol. The summed E-state index contributed by atoms with van der Waals surface area (Å²) in [4.78, 5) is 16.4. The van der Waals surface area contributed by atoms with E-state index in [0.29, 0.717) is 21.7 Å². The maximum Gasteiger partial charge on any atom is 0.234 e. The number of hydrogen-bond donors (Lipinski definition) is 2. The van der Waals surface area contributed by atoms with E-state index in [9.17, 15) is 4.79 Å². The second kappa shape index (κ2) is 9.61. The van der Waals surface area contributed by atoms with Crippen molar-refractivity contribution in [2.45, 2.75) is 32.0 Å². The zero-order valence-corrected chi connectivity index (χ0v) is 17.2. The molecule has 146 valence electrons. The van der Waals surface area contributed by atoms with Gasteiger partial charge in [0.25, 0.3) is 0 Å². The van der Waals surface area contributed by atoms with Crippen molar-refractivity contribution >= 4 is 35.0 Å². The number of thioether (sulfide) groups is 1. The number of rotatable bonds is 8. The second-order valence-electron chi connectivity index (χ2n) is 6.15. The second-order valence-corrected chi connectivity index (χ2v) is 7.50. The molecule has 2 N–H and O–H groups in total. The molecule has 0 unspecified atom stereocenters. The summed E-state index contributed by atoms with van der Waals surface area (Å²) in [5.41, 5.74) is 2.89. The van der Waals surface area contributed by atoms with Crippen molar-refractivity contribution in [3.05, 3.63) is 64.4 Å². The minimum absolute atomic E-state index is 0.150. The summed E-state index contributed by atoms with van der Waals surface area (Å²) < 4.78 is 5.70. The number of aryl methyl sites for hydroxylation is 2. The number of nitrogens with one attached hydrogen (secondary N) is 2. The van der Waals surface area contributed by atoms with Crippen LogP contribution in [0.1, 0.15) is 23.9 Å². The van der Waals surface area contributed by atoms with Gasteiger partial charge in [-0.15, -0.1) is 5.10 Å². The largest absolute Gasteiger partial charge is 0.486 e. The van der Waals surface area contributed by atoms with E-state index < -0.39 is 0 Å². The highest BCUT2D eigenvalue weighted by Crippen LogP contribution is 2.21. The molecule has 6 nitrogen and oxygen atoms in total. The van der Waals surface area contributed by atoms with Gasteiger partial charge in [0.2, 0.25) is 11.1 Å². The molecule has 8 heteroatoms. The number of carbonyl (C=O) groups is 1. The Bertz CT molecular complexity index is 944. The lowest BCUT2D eigenvalue weighted by molar-refractivity contribution is -0.113. The molecule has 0 aliphatic carbocycles. The van der Waals surface area contributed by atoms with E-state index in [4.69, 9.17) is 16.3 Å². The summed E-state index contributed by atoms with van der Waals surface area (Å²) in [6.45, 7) is 4.31. The topological polar surface area (TPSA) is 79.9 Å². The molecule has 0 saturated carbocycles. The van der Waals surface area contributed by atoms with Crippen molar-refractivity contribution < 1.29 is 9.53 Å². The van der Waals surface area contributed by atoms with E-state index in [2.05, 4.69) is 27.4 Å². The van der Waals surface area contributed by atoms with Gasteiger partial charge in [-0.25, -0.2) is 4.98 Å². The molecule has 28 heavy (non-hydrogen) atoms. The number of benzene rings is 2. The van der Waals surface area contributed by atoms with Crippen LogP contribution in [-0.4, -0.2) is 26.8 Å². The first-order chi connectivity index (χ1) is 13.5. The quantitative estimate of drug-likeness (QED) is 0.523. The van der Waals surface area contributed by atoms with Crippen LogP contribution in [0, 0.1) is 6.92 Å². The Morgan fingerprint density at radius 2 is 2.04 bits per heavy atom. The molecule has 3 aromatic rings. The Hall–Kier alpha value is -2.51. The molecule has 0 bridgehead atoms. The van der Waals surface area contributed by atoms with Crippen molar-refractivity contribution in [3.8, 4) is 5.75 Å². The van der Waals surface area contributed by atoms with Gasteiger partial charge in [-0.05, 0) is 48.7 Å². The summed E-state index contributed by atoms with van der Waals surface area (Å²) in [5, 5.41) is 10.9. The fourth-order valence-corrected chi connectivity index (χ4v) is 3.18. The molecule has 2 aromatic carbocycles. The summed E-state index contributed by atoms with van der Waals surface area (Å²) in [6.07, 6.45) is 0.994. The Labute approximate surface area is 173 Å². The number of aromatic amines is 1. The van der Waals surface area contributed by atoms with Gasteiger partial charge in [0.05, 0.1) is 5.75 Å². The number of hydrogen-bond acceptors (Lipinski definition) is 5. The summed E-state index contributed by atoms with van der Waals surface area (Å²) in [6, 6.07) is 13.4. The highest BCUT2D eigenvalue weighted by atomic mass is 35.5. The molecule has 0 fully saturated rings. The normalized spacial score (nSPS) is 10.7. The van der Waals surface area contributed by atoms with E-state index in [-0.39, 0.29) is 18.3 Å². The number of anilines is 1. The smallest absolute Gasteiger partial charge is 0.234 e. The average Bonchev–Trinajstić information content (AvgIpc) is 3.16. The number of H-pyrrole nitrogens is 1. The van der Waals surface area contributed by atoms with Gasteiger partial charge in [0, 0.05) is 10.7 Å². The lowest BCUT2D eigenvalue weighted by Gasteiger charge is -2.06. The third-order valence-electron chi connectivity index (χ3n) is 4.01. The minimum atomic E-state index is -0.150. The van der Waals surface area contributed by atoms with Crippen LogP contribution in [0.2, 0.25) is 5.02 Å². The molecule has 0 aliphatic rings. The Morgan fingerprint density at radius 1 is 1.25 bits per heavy atom. The van der Waals surface area contributed by atoms with Crippen LogP contribution >= 0.6 is 23.4 Å². The Kier molecular flexibility index (Phi) is 6.95. The molecule has 0 spiro atoms. The summed E-state index contributed by atoms with van der Waals surface area (Å²) in [7, 11) is 0. The first-order valence-corrected chi connectivity index (χ1v) is 10.2. The predicted octanol–water partition coefficient (Wildman–Crippen LogP) is 4.64. The van der Waals surface area contributed by atoms with Gasteiger partial charge >= 0.3 is 0 Å². The number of nitrogens with zero attached hydrogens (tertiary/aromatic N) is 2. The molecular weight excluding hydrogens is 396 g/mol. The standard InChI is InChI=1S/C20H21ClN4O2S/c1-3-14-5-8-16(9-6-14)27-11-18-23-20(25-24-18)28-12-19(26)22-15-7-4-13(2)17(21)10-15/h4-10H,3,11-12H2,1-2H3,(H,22,26)(H,23,24,25). The highest BCUT2D eigenvalue weighted by molar-refractivity contribution is 7.99. The zero-order chi connectivity index (χ0) is 19.9. The van der Waals surface area contributed by atoms with Crippen LogP contribution in [0.5, 0.6) is 5.75 Å². The minimum Gasteiger partial charge on any atom is -0.486 e. The van der Waals surface area contributed by atoms with Crippen LogP contribution < -0.4 is 10.1 Å². The van der Waals surface area contributed by atoms with Crippen molar-refractivity contribution in [1.82, 2.24) is 15.2 Å². The van der Waals surface area contributed by atoms with Crippen LogP contribution in [0.25, 0.3) is 0 Å². The van der Waals surface area contributed by atoms with E-state index in [1.54, 1.807) is 6.07 Å². The maximum atomic E-state index is 12.1.